The van der Waals surface area contributed by atoms with Crippen LogP contribution < -0.4 is 5.32 Å². The molecule has 0 unspecified atom stereocenters. The number of hydrogen-bond acceptors (Lipinski definition) is 4. The smallest absolute Gasteiger partial charge is 0.238 e. The molecule has 2 heterocycles. The van der Waals surface area contributed by atoms with E-state index in [1.807, 2.05) is 24.0 Å². The summed E-state index contributed by atoms with van der Waals surface area (Å²) in [5.74, 6) is 1.47. The van der Waals surface area contributed by atoms with Gasteiger partial charge in [0.2, 0.25) is 11.8 Å². The first-order chi connectivity index (χ1) is 13.8. The monoisotopic (exact) mass is 400 g/mol. The Morgan fingerprint density at radius 1 is 0.966 bits per heavy atom. The van der Waals surface area contributed by atoms with Gasteiger partial charge in [-0.3, -0.25) is 19.4 Å². The van der Waals surface area contributed by atoms with Gasteiger partial charge in [0.25, 0.3) is 0 Å². The van der Waals surface area contributed by atoms with Crippen LogP contribution in [0.3, 0.4) is 0 Å². The number of anilines is 1. The Bertz CT molecular complexity index is 718. The molecule has 1 aromatic carbocycles. The normalized spacial score (nSPS) is 23.8. The predicted octanol–water partition coefficient (Wildman–Crippen LogP) is 2.36. The van der Waals surface area contributed by atoms with Crippen molar-refractivity contribution in [1.82, 2.24) is 14.7 Å². The molecule has 2 amide bonds. The van der Waals surface area contributed by atoms with Crippen LogP contribution in [0, 0.1) is 25.7 Å². The van der Waals surface area contributed by atoms with Crippen LogP contribution in [0.25, 0.3) is 0 Å². The van der Waals surface area contributed by atoms with E-state index in [9.17, 15) is 9.59 Å². The number of nitrogens with zero attached hydrogens (tertiary/aromatic N) is 3. The van der Waals surface area contributed by atoms with E-state index in [1.54, 1.807) is 0 Å². The highest BCUT2D eigenvalue weighted by atomic mass is 16.2. The van der Waals surface area contributed by atoms with Crippen molar-refractivity contribution in [1.29, 1.82) is 0 Å². The molecule has 6 nitrogen and oxygen atoms in total. The van der Waals surface area contributed by atoms with E-state index in [0.29, 0.717) is 24.9 Å². The Morgan fingerprint density at radius 3 is 2.17 bits per heavy atom. The molecule has 3 rings (SSSR count). The van der Waals surface area contributed by atoms with E-state index in [4.69, 9.17) is 0 Å². The highest BCUT2D eigenvalue weighted by Crippen LogP contribution is 2.21. The molecule has 0 aromatic heterocycles. The molecule has 0 saturated carbocycles. The SMILES string of the molecule is Cc1cccc(NC(=O)CN2CCN(CC(=O)N3C[C@@H](C)C[C@H](C)C3)CC2)c1C. The zero-order chi connectivity index (χ0) is 21.0. The standard InChI is InChI=1S/C23H36N4O2/c1-17-12-18(2)14-27(13-17)23(29)16-26-10-8-25(9-11-26)15-22(28)24-21-7-5-6-19(3)20(21)4/h5-7,17-18H,8-16H2,1-4H3,(H,24,28)/t17-,18-/m0/s1. The summed E-state index contributed by atoms with van der Waals surface area (Å²) in [4.78, 5) is 31.6. The molecule has 0 aliphatic carbocycles. The van der Waals surface area contributed by atoms with Gasteiger partial charge in [0.05, 0.1) is 13.1 Å². The maximum Gasteiger partial charge on any atom is 0.238 e. The fourth-order valence-electron chi connectivity index (χ4n) is 4.54. The van der Waals surface area contributed by atoms with Crippen LogP contribution in [-0.4, -0.2) is 78.9 Å². The Balaban J connectivity index is 1.41. The number of hydrogen-bond donors (Lipinski definition) is 1. The summed E-state index contributed by atoms with van der Waals surface area (Å²) >= 11 is 0. The number of carbonyl (C=O) groups is 2. The number of amides is 2. The van der Waals surface area contributed by atoms with Crippen LogP contribution in [0.1, 0.15) is 31.4 Å². The van der Waals surface area contributed by atoms with E-state index in [-0.39, 0.29) is 11.8 Å². The molecular weight excluding hydrogens is 364 g/mol. The van der Waals surface area contributed by atoms with Crippen LogP contribution >= 0.6 is 0 Å². The third-order valence-electron chi connectivity index (χ3n) is 6.29. The number of piperidine rings is 1. The second-order valence-electron chi connectivity index (χ2n) is 9.09. The molecule has 1 aromatic rings. The van der Waals surface area contributed by atoms with E-state index < -0.39 is 0 Å². The summed E-state index contributed by atoms with van der Waals surface area (Å²) in [6, 6.07) is 5.97. The first kappa shape index (κ1) is 21.8. The van der Waals surface area contributed by atoms with Gasteiger partial charge in [-0.05, 0) is 49.3 Å². The van der Waals surface area contributed by atoms with Crippen LogP contribution in [-0.2, 0) is 9.59 Å². The minimum absolute atomic E-state index is 0.0273. The number of rotatable bonds is 5. The van der Waals surface area contributed by atoms with Crippen molar-refractivity contribution < 1.29 is 9.59 Å². The minimum Gasteiger partial charge on any atom is -0.341 e. The lowest BCUT2D eigenvalue weighted by atomic mass is 9.92. The van der Waals surface area contributed by atoms with Crippen LogP contribution in [0.2, 0.25) is 0 Å². The molecule has 0 bridgehead atoms. The summed E-state index contributed by atoms with van der Waals surface area (Å²) in [6.45, 7) is 14.5. The maximum absolute atomic E-state index is 12.7. The molecule has 0 radical (unpaired) electrons. The fourth-order valence-corrected chi connectivity index (χ4v) is 4.54. The predicted molar refractivity (Wildman–Crippen MR) is 117 cm³/mol. The summed E-state index contributed by atoms with van der Waals surface area (Å²) < 4.78 is 0. The Kier molecular flexibility index (Phi) is 7.30. The van der Waals surface area contributed by atoms with Gasteiger partial charge in [-0.2, -0.15) is 0 Å². The largest absolute Gasteiger partial charge is 0.341 e. The molecule has 29 heavy (non-hydrogen) atoms. The van der Waals surface area contributed by atoms with Crippen molar-refractivity contribution in [3.63, 3.8) is 0 Å². The highest BCUT2D eigenvalue weighted by molar-refractivity contribution is 5.93. The average Bonchev–Trinajstić information content (AvgIpc) is 2.66. The van der Waals surface area contributed by atoms with Crippen LogP contribution in [0.4, 0.5) is 5.69 Å². The third kappa shape index (κ3) is 6.03. The van der Waals surface area contributed by atoms with Gasteiger partial charge in [0.15, 0.2) is 0 Å². The van der Waals surface area contributed by atoms with Crippen LogP contribution in [0.15, 0.2) is 18.2 Å². The zero-order valence-corrected chi connectivity index (χ0v) is 18.4. The molecule has 2 atom stereocenters. The van der Waals surface area contributed by atoms with Gasteiger partial charge < -0.3 is 10.2 Å². The topological polar surface area (TPSA) is 55.9 Å². The van der Waals surface area contributed by atoms with Crippen molar-refractivity contribution in [2.75, 3.05) is 57.7 Å². The highest BCUT2D eigenvalue weighted by Gasteiger charge is 2.27. The molecule has 6 heteroatoms. The fraction of sp³-hybridized carbons (Fsp3) is 0.652. The Labute approximate surface area is 175 Å². The zero-order valence-electron chi connectivity index (χ0n) is 18.4. The molecule has 2 aliphatic rings. The van der Waals surface area contributed by atoms with Crippen molar-refractivity contribution >= 4 is 17.5 Å². The summed E-state index contributed by atoms with van der Waals surface area (Å²) in [5.41, 5.74) is 3.19. The first-order valence-corrected chi connectivity index (χ1v) is 10.9. The molecule has 0 spiro atoms. The average molecular weight is 401 g/mol. The van der Waals surface area contributed by atoms with Gasteiger partial charge in [-0.25, -0.2) is 0 Å². The lowest BCUT2D eigenvalue weighted by Crippen LogP contribution is -2.52. The second-order valence-corrected chi connectivity index (χ2v) is 9.09. The Morgan fingerprint density at radius 2 is 1.55 bits per heavy atom. The van der Waals surface area contributed by atoms with Crippen molar-refractivity contribution in [2.45, 2.75) is 34.1 Å². The van der Waals surface area contributed by atoms with E-state index >= 15 is 0 Å². The van der Waals surface area contributed by atoms with E-state index in [2.05, 4.69) is 42.0 Å². The molecule has 2 fully saturated rings. The maximum atomic E-state index is 12.7. The molecule has 2 saturated heterocycles. The number of benzene rings is 1. The van der Waals surface area contributed by atoms with E-state index in [0.717, 1.165) is 50.5 Å². The van der Waals surface area contributed by atoms with Crippen molar-refractivity contribution in [2.24, 2.45) is 11.8 Å². The minimum atomic E-state index is 0.0273. The summed E-state index contributed by atoms with van der Waals surface area (Å²) in [7, 11) is 0. The van der Waals surface area contributed by atoms with Crippen LogP contribution in [0.5, 0.6) is 0 Å². The number of nitrogens with one attached hydrogen (secondary N) is 1. The first-order valence-electron chi connectivity index (χ1n) is 10.9. The quantitative estimate of drug-likeness (QED) is 0.824. The number of aryl methyl sites for hydroxylation is 1. The molecule has 160 valence electrons. The van der Waals surface area contributed by atoms with Gasteiger partial charge in [-0.15, -0.1) is 0 Å². The van der Waals surface area contributed by atoms with Gasteiger partial charge in [0.1, 0.15) is 0 Å². The second kappa shape index (κ2) is 9.72. The number of likely N-dealkylation sites (tertiary alicyclic amines) is 1. The lowest BCUT2D eigenvalue weighted by molar-refractivity contribution is -0.135. The molecule has 2 aliphatic heterocycles. The summed E-state index contributed by atoms with van der Waals surface area (Å²) in [6.07, 6.45) is 1.21. The van der Waals surface area contributed by atoms with Gasteiger partial charge in [0, 0.05) is 45.0 Å². The lowest BCUT2D eigenvalue weighted by Gasteiger charge is -2.38. The van der Waals surface area contributed by atoms with Gasteiger partial charge in [-0.1, -0.05) is 26.0 Å². The third-order valence-corrected chi connectivity index (χ3v) is 6.29. The summed E-state index contributed by atoms with van der Waals surface area (Å²) in [5, 5.41) is 3.04. The number of carbonyl (C=O) groups excluding carboxylic acids is 2. The molecular formula is C23H36N4O2. The molecule has 1 N–H and O–H groups in total. The van der Waals surface area contributed by atoms with Crippen molar-refractivity contribution in [3.05, 3.63) is 29.3 Å². The van der Waals surface area contributed by atoms with Gasteiger partial charge >= 0.3 is 0 Å². The number of piperazine rings is 1. The van der Waals surface area contributed by atoms with Crippen molar-refractivity contribution in [3.8, 4) is 0 Å². The van der Waals surface area contributed by atoms with E-state index in [1.165, 1.54) is 12.0 Å². The Hall–Kier alpha value is -1.92.